The Morgan fingerprint density at radius 1 is 0.593 bits per heavy atom. The predicted octanol–water partition coefficient (Wildman–Crippen LogP) is 5.18. The maximum atomic E-state index is 13.7. The molecule has 1 aliphatic carbocycles. The molecule has 2 aliphatic rings. The van der Waals surface area contributed by atoms with E-state index >= 15 is 0 Å². The van der Waals surface area contributed by atoms with Crippen LogP contribution >= 0.6 is 0 Å². The number of amides is 8. The van der Waals surface area contributed by atoms with Crippen molar-refractivity contribution >= 4 is 93.5 Å². The van der Waals surface area contributed by atoms with Gasteiger partial charge in [0.15, 0.2) is 23.2 Å². The fourth-order valence-electron chi connectivity index (χ4n) is 10.7. The molecular formula is C59H62N18O9. The number of carbonyl (C=O) groups excluding carboxylic acids is 9. The first-order valence-electron chi connectivity index (χ1n) is 27.2. The third-order valence-electron chi connectivity index (χ3n) is 15.3. The van der Waals surface area contributed by atoms with Crippen molar-refractivity contribution in [2.45, 2.75) is 32.1 Å². The molecule has 1 fully saturated rings. The predicted molar refractivity (Wildman–Crippen MR) is 317 cm³/mol. The van der Waals surface area contributed by atoms with Crippen LogP contribution in [0.5, 0.6) is 0 Å². The van der Waals surface area contributed by atoms with Gasteiger partial charge < -0.3 is 74.1 Å². The Morgan fingerprint density at radius 2 is 1.10 bits per heavy atom. The largest absolute Gasteiger partial charge is 0.351 e. The summed E-state index contributed by atoms with van der Waals surface area (Å²) in [6.45, 7) is 4.74. The van der Waals surface area contributed by atoms with Gasteiger partial charge in [0, 0.05) is 153 Å². The first-order valence-corrected chi connectivity index (χ1v) is 27.2. The molecule has 0 radical (unpaired) electrons. The number of hydrogen-bond acceptors (Lipinski definition) is 12. The van der Waals surface area contributed by atoms with E-state index in [0.29, 0.717) is 46.2 Å². The standard InChI is InChI=1S/C59H62N18O9/c1-33-26-77(45-25-44(78)39-13-10-11-14-40(39)59(33,45)2)49(80)17-16-38-21-34(27-71(38)4)62-54(82)42-23-36(29-73(42)6)64-57(85)51-67-46(31-75(51)8)66-48(79)15-12-18-61-53(81)41-22-35(28-72(41)5)63-55(83)43-24-37(30-74(43)7)65-58(86)52-68-47(32-76(52)9)69-56(84)50-60-19-20-70(50)3/h10-11,13-14,16-17,19-25,27-33H,12,15,18,26H2,1-9H3,(H,61,81)(H,62,82)(H,63,83)(H,64,85)(H,65,86)(H,66,79)(H,69,84)/b17-16+/t33-,59-/m1/s1. The molecule has 1 saturated heterocycles. The second-order valence-electron chi connectivity index (χ2n) is 21.4. The smallest absolute Gasteiger partial charge is 0.292 e. The highest BCUT2D eigenvalue weighted by Crippen LogP contribution is 2.50. The zero-order chi connectivity index (χ0) is 61.5. The van der Waals surface area contributed by atoms with E-state index in [9.17, 15) is 43.2 Å². The highest BCUT2D eigenvalue weighted by atomic mass is 16.2. The lowest BCUT2D eigenvalue weighted by Gasteiger charge is -2.35. The van der Waals surface area contributed by atoms with Crippen molar-refractivity contribution in [3.8, 4) is 0 Å². The molecule has 1 aliphatic heterocycles. The maximum absolute atomic E-state index is 13.7. The Hall–Kier alpha value is -11.1. The third kappa shape index (κ3) is 11.6. The van der Waals surface area contributed by atoms with E-state index in [4.69, 9.17) is 0 Å². The number of fused-ring (bicyclic) bond motifs is 3. The molecule has 7 N–H and O–H groups in total. The Balaban J connectivity index is 0.657. The van der Waals surface area contributed by atoms with Gasteiger partial charge in [0.25, 0.3) is 41.4 Å². The van der Waals surface area contributed by atoms with Crippen LogP contribution < -0.4 is 37.2 Å². The normalized spacial score (nSPS) is 15.2. The average molecular weight is 1170 g/mol. The molecule has 86 heavy (non-hydrogen) atoms. The molecule has 0 bridgehead atoms. The number of imidazole rings is 3. The van der Waals surface area contributed by atoms with Crippen LogP contribution in [-0.2, 0) is 64.3 Å². The number of nitrogens with one attached hydrogen (secondary N) is 7. The van der Waals surface area contributed by atoms with Gasteiger partial charge in [-0.2, -0.15) is 0 Å². The summed E-state index contributed by atoms with van der Waals surface area (Å²) >= 11 is 0. The number of aryl methyl sites for hydroxylation is 7. The van der Waals surface area contributed by atoms with E-state index in [-0.39, 0.29) is 83.2 Å². The van der Waals surface area contributed by atoms with Gasteiger partial charge in [0.2, 0.25) is 17.6 Å². The number of rotatable bonds is 18. The summed E-state index contributed by atoms with van der Waals surface area (Å²) in [6, 6.07) is 13.7. The number of aromatic nitrogens is 10. The molecule has 0 spiro atoms. The summed E-state index contributed by atoms with van der Waals surface area (Å²) in [7, 11) is 11.6. The Morgan fingerprint density at radius 3 is 1.67 bits per heavy atom. The Kier molecular flexibility index (Phi) is 15.7. The Bertz CT molecular complexity index is 4170. The van der Waals surface area contributed by atoms with Crippen molar-refractivity contribution in [2.75, 3.05) is 45.0 Å². The van der Waals surface area contributed by atoms with Crippen molar-refractivity contribution in [3.63, 3.8) is 0 Å². The van der Waals surface area contributed by atoms with E-state index in [1.807, 2.05) is 24.3 Å². The van der Waals surface area contributed by atoms with E-state index in [0.717, 1.165) is 5.56 Å². The van der Waals surface area contributed by atoms with Crippen LogP contribution in [0.15, 0.2) is 116 Å². The molecule has 442 valence electrons. The zero-order valence-electron chi connectivity index (χ0n) is 48.5. The van der Waals surface area contributed by atoms with E-state index in [1.54, 1.807) is 117 Å². The van der Waals surface area contributed by atoms with Gasteiger partial charge in [0.05, 0.1) is 22.7 Å². The number of carbonyl (C=O) groups is 9. The quantitative estimate of drug-likeness (QED) is 0.0432. The maximum Gasteiger partial charge on any atom is 0.292 e. The molecule has 2 atom stereocenters. The molecule has 8 heterocycles. The number of likely N-dealkylation sites (tertiary alicyclic amines) is 1. The second-order valence-corrected chi connectivity index (χ2v) is 21.4. The first kappa shape index (κ1) is 58.1. The topological polar surface area (TPSA) is 314 Å². The van der Waals surface area contributed by atoms with Gasteiger partial charge in [-0.05, 0) is 55.2 Å². The minimum Gasteiger partial charge on any atom is -0.351 e. The fourth-order valence-corrected chi connectivity index (χ4v) is 10.7. The molecule has 1 aromatic carbocycles. The summed E-state index contributed by atoms with van der Waals surface area (Å²) in [5.74, 6) is -3.45. The fraction of sp³-hybridized carbons (Fsp3) is 0.254. The molecule has 27 nitrogen and oxygen atoms in total. The van der Waals surface area contributed by atoms with Crippen LogP contribution in [0.3, 0.4) is 0 Å². The van der Waals surface area contributed by atoms with Crippen molar-refractivity contribution in [1.29, 1.82) is 0 Å². The minimum absolute atomic E-state index is 0.00142. The van der Waals surface area contributed by atoms with Gasteiger partial charge in [-0.15, -0.1) is 0 Å². The van der Waals surface area contributed by atoms with Crippen molar-refractivity contribution in [2.24, 2.45) is 55.3 Å². The van der Waals surface area contributed by atoms with Gasteiger partial charge in [0.1, 0.15) is 17.1 Å². The van der Waals surface area contributed by atoms with Gasteiger partial charge in [-0.3, -0.25) is 43.2 Å². The number of hydrogen-bond donors (Lipinski definition) is 7. The molecular weight excluding hydrogens is 1100 g/mol. The number of benzene rings is 1. The van der Waals surface area contributed by atoms with Crippen LogP contribution in [0, 0.1) is 5.92 Å². The van der Waals surface area contributed by atoms with Gasteiger partial charge >= 0.3 is 0 Å². The summed E-state index contributed by atoms with van der Waals surface area (Å²) in [6.07, 6.45) is 17.4. The third-order valence-corrected chi connectivity index (χ3v) is 15.3. The summed E-state index contributed by atoms with van der Waals surface area (Å²) in [5, 5.41) is 19.2. The number of anilines is 6. The van der Waals surface area contributed by atoms with Crippen LogP contribution in [0.1, 0.15) is 112 Å². The lowest BCUT2D eigenvalue weighted by molar-refractivity contribution is -0.123. The first-order chi connectivity index (χ1) is 40.9. The average Bonchev–Trinajstić information content (AvgIpc) is 1.61. The zero-order valence-corrected chi connectivity index (χ0v) is 48.5. The van der Waals surface area contributed by atoms with Crippen LogP contribution in [0.4, 0.5) is 34.4 Å². The van der Waals surface area contributed by atoms with E-state index < -0.39 is 46.8 Å². The van der Waals surface area contributed by atoms with Crippen LogP contribution in [-0.4, -0.2) is 118 Å². The molecule has 8 aromatic rings. The SMILES string of the molecule is C[C@@H]1CN(C(=O)/C=C/c2cc(NC(=O)c3cc(NC(=O)c4nc(NC(=O)CCCNC(=O)c5cc(NC(=O)c6cc(NC(=O)c7nc(NC(=O)c8nccn8C)cn7C)cn6C)cn5C)cn4C)cn3C)cn2C)C2=CC(=O)c3ccccc3[C@]21C. The van der Waals surface area contributed by atoms with Crippen molar-refractivity contribution in [1.82, 2.24) is 57.1 Å². The molecule has 27 heteroatoms. The van der Waals surface area contributed by atoms with Crippen molar-refractivity contribution in [3.05, 3.63) is 167 Å². The van der Waals surface area contributed by atoms with Gasteiger partial charge in [-0.25, -0.2) is 15.0 Å². The Labute approximate surface area is 491 Å². The lowest BCUT2D eigenvalue weighted by Crippen LogP contribution is -2.35. The number of nitrogens with zero attached hydrogens (tertiary/aromatic N) is 11. The van der Waals surface area contributed by atoms with Gasteiger partial charge in [-0.1, -0.05) is 31.2 Å². The second kappa shape index (κ2) is 23.3. The highest BCUT2D eigenvalue weighted by molar-refractivity contribution is 6.10. The van der Waals surface area contributed by atoms with E-state index in [1.165, 1.54) is 61.1 Å². The highest BCUT2D eigenvalue weighted by Gasteiger charge is 2.51. The monoisotopic (exact) mass is 1170 g/mol. The summed E-state index contributed by atoms with van der Waals surface area (Å²) in [5.41, 5.74) is 4.47. The molecule has 8 amide bonds. The summed E-state index contributed by atoms with van der Waals surface area (Å²) in [4.78, 5) is 133. The molecule has 7 aromatic heterocycles. The van der Waals surface area contributed by atoms with Crippen LogP contribution in [0.2, 0.25) is 0 Å². The lowest BCUT2D eigenvalue weighted by atomic mass is 9.68. The number of ketones is 1. The molecule has 0 saturated carbocycles. The summed E-state index contributed by atoms with van der Waals surface area (Å²) < 4.78 is 10.8. The van der Waals surface area contributed by atoms with E-state index in [2.05, 4.69) is 66.0 Å². The van der Waals surface area contributed by atoms with Crippen LogP contribution in [0.25, 0.3) is 6.08 Å². The minimum atomic E-state index is -0.603. The van der Waals surface area contributed by atoms with Crippen molar-refractivity contribution < 1.29 is 43.2 Å². The molecule has 10 rings (SSSR count). The molecule has 0 unspecified atom stereocenters. The number of allylic oxidation sites excluding steroid dienone is 2.